The largest absolute Gasteiger partial charge is 0.341 e. The Bertz CT molecular complexity index is 979. The molecular weight excluding hydrogens is 407 g/mol. The number of sulfone groups is 1. The number of rotatable bonds is 4. The molecule has 2 unspecified atom stereocenters. The van der Waals surface area contributed by atoms with Crippen LogP contribution in [0, 0.1) is 5.82 Å². The summed E-state index contributed by atoms with van der Waals surface area (Å²) in [5.41, 5.74) is 1.92. The summed E-state index contributed by atoms with van der Waals surface area (Å²) in [6.07, 6.45) is 0. The van der Waals surface area contributed by atoms with Gasteiger partial charge in [0.05, 0.1) is 23.6 Å². The molecule has 2 aromatic rings. The topological polar surface area (TPSA) is 49.7 Å². The third-order valence-corrected chi connectivity index (χ3v) is 7.77. The zero-order chi connectivity index (χ0) is 19.0. The maximum Gasteiger partial charge on any atom is 0.160 e. The van der Waals surface area contributed by atoms with Gasteiger partial charge in [-0.25, -0.2) is 12.8 Å². The van der Waals surface area contributed by atoms with Crippen LogP contribution in [-0.4, -0.2) is 42.1 Å². The Labute approximate surface area is 167 Å². The molecule has 2 aliphatic rings. The SMILES string of the molecule is O=S1(=O)CC2N=C(SCc3cccc(F)c3)N(Cc3ccc(Cl)cc3)C2C1. The van der Waals surface area contributed by atoms with Crippen molar-refractivity contribution in [3.8, 4) is 0 Å². The van der Waals surface area contributed by atoms with E-state index in [1.807, 2.05) is 30.3 Å². The second-order valence-corrected chi connectivity index (χ2v) is 10.3. The Morgan fingerprint density at radius 1 is 1.15 bits per heavy atom. The monoisotopic (exact) mass is 424 g/mol. The highest BCUT2D eigenvalue weighted by Crippen LogP contribution is 2.33. The van der Waals surface area contributed by atoms with E-state index >= 15 is 0 Å². The fraction of sp³-hybridized carbons (Fsp3) is 0.316. The maximum absolute atomic E-state index is 13.4. The standard InChI is InChI=1S/C19H18ClFN2O2S2/c20-15-6-4-13(5-7-15)9-23-18-12-27(24,25)11-17(18)22-19(23)26-10-14-2-1-3-16(21)8-14/h1-8,17-18H,9-12H2. The van der Waals surface area contributed by atoms with Crippen molar-refractivity contribution in [2.75, 3.05) is 11.5 Å². The third kappa shape index (κ3) is 4.31. The summed E-state index contributed by atoms with van der Waals surface area (Å²) in [5.74, 6) is 0.541. The third-order valence-electron chi connectivity index (χ3n) is 4.74. The second-order valence-electron chi connectivity index (χ2n) is 6.80. The number of halogens is 2. The summed E-state index contributed by atoms with van der Waals surface area (Å²) in [6.45, 7) is 0.572. The minimum Gasteiger partial charge on any atom is -0.341 e. The number of hydrogen-bond donors (Lipinski definition) is 0. The van der Waals surface area contributed by atoms with Crippen molar-refractivity contribution in [2.45, 2.75) is 24.4 Å². The molecule has 0 spiro atoms. The van der Waals surface area contributed by atoms with Gasteiger partial charge in [-0.05, 0) is 35.4 Å². The van der Waals surface area contributed by atoms with Crippen LogP contribution in [0.15, 0.2) is 53.5 Å². The molecule has 4 nitrogen and oxygen atoms in total. The van der Waals surface area contributed by atoms with Crippen LogP contribution < -0.4 is 0 Å². The van der Waals surface area contributed by atoms with Crippen LogP contribution in [0.2, 0.25) is 5.02 Å². The van der Waals surface area contributed by atoms with Gasteiger partial charge < -0.3 is 4.90 Å². The van der Waals surface area contributed by atoms with E-state index < -0.39 is 9.84 Å². The summed E-state index contributed by atoms with van der Waals surface area (Å²) >= 11 is 7.48. The van der Waals surface area contributed by atoms with E-state index in [1.54, 1.807) is 6.07 Å². The molecule has 2 heterocycles. The van der Waals surface area contributed by atoms with Crippen LogP contribution in [0.4, 0.5) is 4.39 Å². The second kappa shape index (κ2) is 7.45. The number of hydrogen-bond acceptors (Lipinski definition) is 5. The van der Waals surface area contributed by atoms with E-state index in [0.717, 1.165) is 16.3 Å². The lowest BCUT2D eigenvalue weighted by atomic mass is 10.1. The first kappa shape index (κ1) is 18.8. The highest BCUT2D eigenvalue weighted by atomic mass is 35.5. The highest BCUT2D eigenvalue weighted by Gasteiger charge is 2.46. The van der Waals surface area contributed by atoms with Gasteiger partial charge in [0, 0.05) is 17.3 Å². The van der Waals surface area contributed by atoms with Gasteiger partial charge in [0.1, 0.15) is 5.82 Å². The van der Waals surface area contributed by atoms with Crippen LogP contribution in [-0.2, 0) is 22.1 Å². The fourth-order valence-electron chi connectivity index (χ4n) is 3.46. The molecular formula is C19H18ClFN2O2S2. The molecule has 142 valence electrons. The number of benzene rings is 2. The Kier molecular flexibility index (Phi) is 5.18. The fourth-order valence-corrected chi connectivity index (χ4v) is 6.51. The molecule has 1 fully saturated rings. The molecule has 2 aliphatic heterocycles. The Morgan fingerprint density at radius 2 is 1.93 bits per heavy atom. The first-order valence-corrected chi connectivity index (χ1v) is 11.7. The minimum atomic E-state index is -3.06. The summed E-state index contributed by atoms with van der Waals surface area (Å²) < 4.78 is 37.5. The van der Waals surface area contributed by atoms with Crippen molar-refractivity contribution >= 4 is 38.4 Å². The van der Waals surface area contributed by atoms with E-state index in [9.17, 15) is 12.8 Å². The van der Waals surface area contributed by atoms with E-state index in [0.29, 0.717) is 17.3 Å². The number of amidine groups is 1. The lowest BCUT2D eigenvalue weighted by Crippen LogP contribution is -2.38. The number of fused-ring (bicyclic) bond motifs is 1. The average molecular weight is 425 g/mol. The molecule has 0 saturated carbocycles. The Hall–Kier alpha value is -1.57. The molecule has 2 aromatic carbocycles. The van der Waals surface area contributed by atoms with Crippen LogP contribution in [0.1, 0.15) is 11.1 Å². The van der Waals surface area contributed by atoms with Gasteiger partial charge in [0.15, 0.2) is 15.0 Å². The normalized spacial score (nSPS) is 23.3. The predicted octanol–water partition coefficient (Wildman–Crippen LogP) is 3.75. The lowest BCUT2D eigenvalue weighted by Gasteiger charge is -2.26. The van der Waals surface area contributed by atoms with Crippen molar-refractivity contribution in [2.24, 2.45) is 4.99 Å². The van der Waals surface area contributed by atoms with Crippen molar-refractivity contribution in [3.05, 3.63) is 70.5 Å². The quantitative estimate of drug-likeness (QED) is 0.750. The molecule has 8 heteroatoms. The summed E-state index contributed by atoms with van der Waals surface area (Å²) in [5, 5.41) is 1.48. The average Bonchev–Trinajstić information content (AvgIpc) is 3.07. The maximum atomic E-state index is 13.4. The minimum absolute atomic E-state index is 0.0960. The van der Waals surface area contributed by atoms with Gasteiger partial charge in [-0.15, -0.1) is 0 Å². The van der Waals surface area contributed by atoms with E-state index in [-0.39, 0.29) is 29.4 Å². The Balaban J connectivity index is 1.54. The molecule has 0 aromatic heterocycles. The van der Waals surface area contributed by atoms with Crippen molar-refractivity contribution in [1.82, 2.24) is 4.90 Å². The first-order chi connectivity index (χ1) is 12.9. The summed E-state index contributed by atoms with van der Waals surface area (Å²) in [6, 6.07) is 13.7. The molecule has 0 bridgehead atoms. The molecule has 0 N–H and O–H groups in total. The summed E-state index contributed by atoms with van der Waals surface area (Å²) in [7, 11) is -3.06. The molecule has 0 radical (unpaired) electrons. The molecule has 4 rings (SSSR count). The van der Waals surface area contributed by atoms with Gasteiger partial charge in [-0.3, -0.25) is 4.99 Å². The van der Waals surface area contributed by atoms with Crippen molar-refractivity contribution in [1.29, 1.82) is 0 Å². The molecule has 0 amide bonds. The predicted molar refractivity (Wildman–Crippen MR) is 108 cm³/mol. The summed E-state index contributed by atoms with van der Waals surface area (Å²) in [4.78, 5) is 6.76. The molecule has 0 aliphatic carbocycles. The number of aliphatic imine (C=N–C) groups is 1. The van der Waals surface area contributed by atoms with Crippen LogP contribution in [0.25, 0.3) is 0 Å². The lowest BCUT2D eigenvalue weighted by molar-refractivity contribution is 0.343. The van der Waals surface area contributed by atoms with Gasteiger partial charge in [0.2, 0.25) is 0 Å². The van der Waals surface area contributed by atoms with E-state index in [1.165, 1.54) is 23.9 Å². The van der Waals surface area contributed by atoms with Crippen molar-refractivity contribution < 1.29 is 12.8 Å². The number of thioether (sulfide) groups is 1. The van der Waals surface area contributed by atoms with Gasteiger partial charge in [-0.1, -0.05) is 47.6 Å². The van der Waals surface area contributed by atoms with Crippen molar-refractivity contribution in [3.63, 3.8) is 0 Å². The van der Waals surface area contributed by atoms with E-state index in [2.05, 4.69) is 9.89 Å². The smallest absolute Gasteiger partial charge is 0.160 e. The van der Waals surface area contributed by atoms with Crippen LogP contribution in [0.5, 0.6) is 0 Å². The van der Waals surface area contributed by atoms with Crippen LogP contribution >= 0.6 is 23.4 Å². The van der Waals surface area contributed by atoms with E-state index in [4.69, 9.17) is 11.6 Å². The molecule has 27 heavy (non-hydrogen) atoms. The zero-order valence-corrected chi connectivity index (χ0v) is 16.8. The van der Waals surface area contributed by atoms with Gasteiger partial charge in [-0.2, -0.15) is 0 Å². The Morgan fingerprint density at radius 3 is 2.67 bits per heavy atom. The highest BCUT2D eigenvalue weighted by molar-refractivity contribution is 8.13. The number of nitrogens with zero attached hydrogens (tertiary/aromatic N) is 2. The van der Waals surface area contributed by atoms with Gasteiger partial charge >= 0.3 is 0 Å². The first-order valence-electron chi connectivity index (χ1n) is 8.56. The molecule has 1 saturated heterocycles. The van der Waals surface area contributed by atoms with Gasteiger partial charge in [0.25, 0.3) is 0 Å². The molecule has 2 atom stereocenters. The van der Waals surface area contributed by atoms with Crippen LogP contribution in [0.3, 0.4) is 0 Å². The zero-order valence-electron chi connectivity index (χ0n) is 14.4.